The van der Waals surface area contributed by atoms with Gasteiger partial charge in [0.25, 0.3) is 5.91 Å². The van der Waals surface area contributed by atoms with Crippen LogP contribution in [0.1, 0.15) is 10.5 Å². The van der Waals surface area contributed by atoms with Crippen molar-refractivity contribution in [1.29, 1.82) is 0 Å². The smallest absolute Gasteiger partial charge is 0.270 e. The van der Waals surface area contributed by atoms with Gasteiger partial charge in [0.1, 0.15) is 10.7 Å². The molecule has 4 rings (SSSR count). The fourth-order valence-corrected chi connectivity index (χ4v) is 3.34. The fraction of sp³-hybridized carbons (Fsp3) is 0.105. The number of benzene rings is 1. The zero-order valence-corrected chi connectivity index (χ0v) is 14.6. The van der Waals surface area contributed by atoms with Crippen molar-refractivity contribution in [2.24, 2.45) is 0 Å². The molecule has 130 valence electrons. The summed E-state index contributed by atoms with van der Waals surface area (Å²) < 4.78 is 6.86. The molecule has 3 heterocycles. The van der Waals surface area contributed by atoms with Crippen LogP contribution in [0, 0.1) is 0 Å². The number of rotatable bonds is 6. The van der Waals surface area contributed by atoms with Crippen molar-refractivity contribution in [1.82, 2.24) is 20.1 Å². The first-order chi connectivity index (χ1) is 12.8. The van der Waals surface area contributed by atoms with Gasteiger partial charge in [0.2, 0.25) is 0 Å². The molecule has 4 aromatic rings. The molecule has 0 aliphatic carbocycles. The first-order valence-electron chi connectivity index (χ1n) is 8.14. The highest BCUT2D eigenvalue weighted by molar-refractivity contribution is 7.13. The Morgan fingerprint density at radius 1 is 1.15 bits per heavy atom. The van der Waals surface area contributed by atoms with Crippen molar-refractivity contribution in [3.63, 3.8) is 0 Å². The normalized spacial score (nSPS) is 10.8. The van der Waals surface area contributed by atoms with E-state index in [2.05, 4.69) is 15.4 Å². The molecule has 0 saturated heterocycles. The number of carbonyl (C=O) groups is 1. The zero-order chi connectivity index (χ0) is 17.8. The van der Waals surface area contributed by atoms with Crippen LogP contribution in [-0.2, 0) is 6.54 Å². The summed E-state index contributed by atoms with van der Waals surface area (Å²) in [4.78, 5) is 16.7. The number of nitrogens with zero attached hydrogens (tertiary/aromatic N) is 3. The number of hydrogen-bond acceptors (Lipinski definition) is 5. The highest BCUT2D eigenvalue weighted by Gasteiger charge is 2.11. The van der Waals surface area contributed by atoms with Gasteiger partial charge in [0.15, 0.2) is 0 Å². The lowest BCUT2D eigenvalue weighted by Crippen LogP contribution is -2.27. The third kappa shape index (κ3) is 3.57. The van der Waals surface area contributed by atoms with Crippen molar-refractivity contribution in [2.75, 3.05) is 6.54 Å². The molecule has 0 fully saturated rings. The number of thiazole rings is 1. The van der Waals surface area contributed by atoms with Crippen LogP contribution >= 0.6 is 11.3 Å². The average Bonchev–Trinajstić information content (AvgIpc) is 3.42. The van der Waals surface area contributed by atoms with Gasteiger partial charge in [-0.3, -0.25) is 9.48 Å². The van der Waals surface area contributed by atoms with E-state index >= 15 is 0 Å². The quantitative estimate of drug-likeness (QED) is 0.566. The number of aromatic nitrogens is 3. The molecule has 6 nitrogen and oxygen atoms in total. The summed E-state index contributed by atoms with van der Waals surface area (Å²) in [5.41, 5.74) is 3.42. The highest BCUT2D eigenvalue weighted by Crippen LogP contribution is 2.23. The second-order valence-corrected chi connectivity index (χ2v) is 6.52. The molecule has 0 bridgehead atoms. The van der Waals surface area contributed by atoms with E-state index in [-0.39, 0.29) is 5.91 Å². The van der Waals surface area contributed by atoms with Crippen LogP contribution in [0.2, 0.25) is 0 Å². The van der Waals surface area contributed by atoms with E-state index < -0.39 is 0 Å². The van der Waals surface area contributed by atoms with Gasteiger partial charge >= 0.3 is 0 Å². The van der Waals surface area contributed by atoms with E-state index in [9.17, 15) is 4.79 Å². The number of nitrogens with one attached hydrogen (secondary N) is 1. The summed E-state index contributed by atoms with van der Waals surface area (Å²) in [6.07, 6.45) is 7.01. The second-order valence-electron chi connectivity index (χ2n) is 5.66. The number of hydrogen-bond donors (Lipinski definition) is 1. The molecule has 1 aromatic carbocycles. The zero-order valence-electron chi connectivity index (χ0n) is 13.8. The van der Waals surface area contributed by atoms with Gasteiger partial charge in [-0.2, -0.15) is 5.10 Å². The third-order valence-electron chi connectivity index (χ3n) is 3.87. The SMILES string of the molecule is O=C(NCCn1cc(-c2ccoc2)cn1)c1csc(-c2ccccc2)n1. The van der Waals surface area contributed by atoms with Crippen LogP contribution in [0.4, 0.5) is 0 Å². The Labute approximate surface area is 154 Å². The van der Waals surface area contributed by atoms with Crippen molar-refractivity contribution in [3.8, 4) is 21.7 Å². The van der Waals surface area contributed by atoms with Gasteiger partial charge in [-0.1, -0.05) is 30.3 Å². The fourth-order valence-electron chi connectivity index (χ4n) is 2.53. The molecule has 3 aromatic heterocycles. The van der Waals surface area contributed by atoms with Gasteiger partial charge < -0.3 is 9.73 Å². The van der Waals surface area contributed by atoms with Crippen molar-refractivity contribution in [2.45, 2.75) is 6.54 Å². The molecular formula is C19H16N4O2S. The summed E-state index contributed by atoms with van der Waals surface area (Å²) in [7, 11) is 0. The Kier molecular flexibility index (Phi) is 4.61. The predicted molar refractivity (Wildman–Crippen MR) is 99.8 cm³/mol. The Bertz CT molecular complexity index is 990. The highest BCUT2D eigenvalue weighted by atomic mass is 32.1. The lowest BCUT2D eigenvalue weighted by Gasteiger charge is -2.03. The number of carbonyl (C=O) groups excluding carboxylic acids is 1. The van der Waals surface area contributed by atoms with Gasteiger partial charge in [-0.05, 0) is 6.07 Å². The van der Waals surface area contributed by atoms with Crippen LogP contribution < -0.4 is 5.32 Å². The maximum Gasteiger partial charge on any atom is 0.270 e. The standard InChI is InChI=1S/C19H16N4O2S/c24-18(17-13-26-19(22-17)14-4-2-1-3-5-14)20-7-8-23-11-16(10-21-23)15-6-9-25-12-15/h1-6,9-13H,7-8H2,(H,20,24). The molecule has 0 spiro atoms. The molecule has 7 heteroatoms. The first kappa shape index (κ1) is 16.3. The molecule has 26 heavy (non-hydrogen) atoms. The first-order valence-corrected chi connectivity index (χ1v) is 9.02. The number of amides is 1. The summed E-state index contributed by atoms with van der Waals surface area (Å²) in [6.45, 7) is 1.06. The van der Waals surface area contributed by atoms with E-state index in [1.165, 1.54) is 11.3 Å². The van der Waals surface area contributed by atoms with Crippen LogP contribution in [-0.4, -0.2) is 27.2 Å². The molecule has 0 atom stereocenters. The molecular weight excluding hydrogens is 348 g/mol. The Morgan fingerprint density at radius 3 is 2.85 bits per heavy atom. The van der Waals surface area contributed by atoms with E-state index in [4.69, 9.17) is 4.42 Å². The predicted octanol–water partition coefficient (Wildman–Crippen LogP) is 3.70. The average molecular weight is 364 g/mol. The summed E-state index contributed by atoms with van der Waals surface area (Å²) in [5, 5.41) is 9.80. The van der Waals surface area contributed by atoms with Gasteiger partial charge in [0, 0.05) is 34.8 Å². The molecule has 1 N–H and O–H groups in total. The third-order valence-corrected chi connectivity index (χ3v) is 4.76. The van der Waals surface area contributed by atoms with E-state index in [1.807, 2.05) is 42.6 Å². The Balaban J connectivity index is 1.33. The van der Waals surface area contributed by atoms with E-state index in [0.29, 0.717) is 18.8 Å². The van der Waals surface area contributed by atoms with E-state index in [0.717, 1.165) is 21.7 Å². The van der Waals surface area contributed by atoms with Crippen LogP contribution in [0.15, 0.2) is 71.1 Å². The largest absolute Gasteiger partial charge is 0.472 e. The Morgan fingerprint density at radius 2 is 2.04 bits per heavy atom. The van der Waals surface area contributed by atoms with Gasteiger partial charge in [-0.15, -0.1) is 11.3 Å². The minimum Gasteiger partial charge on any atom is -0.472 e. The maximum absolute atomic E-state index is 12.3. The molecule has 0 radical (unpaired) electrons. The van der Waals surface area contributed by atoms with Crippen molar-refractivity contribution in [3.05, 3.63) is 72.4 Å². The minimum absolute atomic E-state index is 0.175. The number of furan rings is 1. The monoisotopic (exact) mass is 364 g/mol. The van der Waals surface area contributed by atoms with E-state index in [1.54, 1.807) is 28.8 Å². The van der Waals surface area contributed by atoms with Crippen molar-refractivity contribution < 1.29 is 9.21 Å². The topological polar surface area (TPSA) is 73.0 Å². The lowest BCUT2D eigenvalue weighted by atomic mass is 10.2. The van der Waals surface area contributed by atoms with Crippen LogP contribution in [0.25, 0.3) is 21.7 Å². The Hall–Kier alpha value is -3.19. The molecule has 0 saturated carbocycles. The summed E-state index contributed by atoms with van der Waals surface area (Å²) >= 11 is 1.46. The maximum atomic E-state index is 12.3. The summed E-state index contributed by atoms with van der Waals surface area (Å²) in [5.74, 6) is -0.175. The van der Waals surface area contributed by atoms with Gasteiger partial charge in [0.05, 0.1) is 25.3 Å². The lowest BCUT2D eigenvalue weighted by molar-refractivity contribution is 0.0947. The van der Waals surface area contributed by atoms with Gasteiger partial charge in [-0.25, -0.2) is 4.98 Å². The van der Waals surface area contributed by atoms with Crippen LogP contribution in [0.5, 0.6) is 0 Å². The molecule has 0 aliphatic heterocycles. The minimum atomic E-state index is -0.175. The molecule has 0 aliphatic rings. The molecule has 1 amide bonds. The van der Waals surface area contributed by atoms with Crippen LogP contribution in [0.3, 0.4) is 0 Å². The second kappa shape index (κ2) is 7.37. The summed E-state index contributed by atoms with van der Waals surface area (Å²) in [6, 6.07) is 11.7. The van der Waals surface area contributed by atoms with Crippen molar-refractivity contribution >= 4 is 17.2 Å². The molecule has 0 unspecified atom stereocenters.